The first kappa shape index (κ1) is 13.1. The molecule has 0 radical (unpaired) electrons. The van der Waals surface area contributed by atoms with Gasteiger partial charge in [-0.2, -0.15) is 0 Å². The predicted molar refractivity (Wildman–Crippen MR) is 71.7 cm³/mol. The third-order valence-electron chi connectivity index (χ3n) is 4.34. The van der Waals surface area contributed by atoms with Crippen LogP contribution in [-0.4, -0.2) is 29.1 Å². The molecule has 2 rings (SSSR count). The first-order valence-corrected chi connectivity index (χ1v) is 6.45. The highest BCUT2D eigenvalue weighted by atomic mass is 16.4. The van der Waals surface area contributed by atoms with Gasteiger partial charge in [0, 0.05) is 12.6 Å². The van der Waals surface area contributed by atoms with Crippen molar-refractivity contribution in [2.45, 2.75) is 39.3 Å². The molecule has 1 N–H and O–H groups in total. The molecule has 1 aromatic carbocycles. The summed E-state index contributed by atoms with van der Waals surface area (Å²) in [5, 5.41) is 8.85. The second-order valence-electron chi connectivity index (χ2n) is 5.75. The highest BCUT2D eigenvalue weighted by molar-refractivity contribution is 5.87. The molecule has 1 fully saturated rings. The normalized spacial score (nSPS) is 18.7. The minimum Gasteiger partial charge on any atom is -0.478 e. The van der Waals surface area contributed by atoms with Gasteiger partial charge in [0.2, 0.25) is 0 Å². The molecule has 1 unspecified atom stereocenters. The van der Waals surface area contributed by atoms with Crippen LogP contribution in [0.4, 0.5) is 0 Å². The van der Waals surface area contributed by atoms with Crippen molar-refractivity contribution < 1.29 is 9.90 Å². The van der Waals surface area contributed by atoms with E-state index in [9.17, 15) is 4.79 Å². The lowest BCUT2D eigenvalue weighted by atomic mass is 9.99. The summed E-state index contributed by atoms with van der Waals surface area (Å²) in [6.07, 6.45) is 2.63. The Labute approximate surface area is 108 Å². The Kier molecular flexibility index (Phi) is 3.44. The maximum atomic E-state index is 10.8. The van der Waals surface area contributed by atoms with Crippen LogP contribution in [0.2, 0.25) is 0 Å². The van der Waals surface area contributed by atoms with Gasteiger partial charge in [0.1, 0.15) is 0 Å². The summed E-state index contributed by atoms with van der Waals surface area (Å²) in [4.78, 5) is 13.1. The standard InChI is InChI=1S/C15H21NO2/c1-11(15(2)8-9-15)16(3)10-12-4-6-13(7-5-12)14(17)18/h4-7,11H,8-10H2,1-3H3,(H,17,18). The number of carbonyl (C=O) groups is 1. The number of aromatic carboxylic acids is 1. The zero-order valence-electron chi connectivity index (χ0n) is 11.3. The number of benzene rings is 1. The molecular weight excluding hydrogens is 226 g/mol. The molecule has 18 heavy (non-hydrogen) atoms. The van der Waals surface area contributed by atoms with Gasteiger partial charge in [-0.15, -0.1) is 0 Å². The Morgan fingerprint density at radius 3 is 2.39 bits per heavy atom. The predicted octanol–water partition coefficient (Wildman–Crippen LogP) is 3.01. The van der Waals surface area contributed by atoms with Crippen molar-refractivity contribution in [1.82, 2.24) is 4.90 Å². The van der Waals surface area contributed by atoms with Crippen LogP contribution in [0.3, 0.4) is 0 Å². The topological polar surface area (TPSA) is 40.5 Å². The quantitative estimate of drug-likeness (QED) is 0.869. The summed E-state index contributed by atoms with van der Waals surface area (Å²) in [6.45, 7) is 5.48. The highest BCUT2D eigenvalue weighted by Gasteiger charge is 2.43. The Balaban J connectivity index is 1.98. The number of hydrogen-bond donors (Lipinski definition) is 1. The Bertz CT molecular complexity index is 434. The fraction of sp³-hybridized carbons (Fsp3) is 0.533. The van der Waals surface area contributed by atoms with Gasteiger partial charge in [-0.05, 0) is 49.9 Å². The van der Waals surface area contributed by atoms with Crippen LogP contribution in [0.25, 0.3) is 0 Å². The molecule has 0 aliphatic heterocycles. The van der Waals surface area contributed by atoms with Crippen molar-refractivity contribution in [3.05, 3.63) is 35.4 Å². The number of rotatable bonds is 5. The Morgan fingerprint density at radius 2 is 1.94 bits per heavy atom. The lowest BCUT2D eigenvalue weighted by Gasteiger charge is -2.30. The van der Waals surface area contributed by atoms with E-state index in [0.717, 1.165) is 6.54 Å². The van der Waals surface area contributed by atoms with Gasteiger partial charge >= 0.3 is 5.97 Å². The van der Waals surface area contributed by atoms with Crippen molar-refractivity contribution in [2.75, 3.05) is 7.05 Å². The van der Waals surface area contributed by atoms with Crippen LogP contribution in [0.1, 0.15) is 42.6 Å². The maximum Gasteiger partial charge on any atom is 0.335 e. The lowest BCUT2D eigenvalue weighted by Crippen LogP contribution is -2.34. The van der Waals surface area contributed by atoms with E-state index in [1.165, 1.54) is 18.4 Å². The monoisotopic (exact) mass is 247 g/mol. The Hall–Kier alpha value is -1.35. The summed E-state index contributed by atoms with van der Waals surface area (Å²) >= 11 is 0. The van der Waals surface area contributed by atoms with Crippen LogP contribution in [0.15, 0.2) is 24.3 Å². The molecule has 0 aromatic heterocycles. The highest BCUT2D eigenvalue weighted by Crippen LogP contribution is 2.49. The van der Waals surface area contributed by atoms with Gasteiger partial charge in [-0.25, -0.2) is 4.79 Å². The third-order valence-corrected chi connectivity index (χ3v) is 4.34. The molecule has 0 spiro atoms. The molecule has 0 heterocycles. The summed E-state index contributed by atoms with van der Waals surface area (Å²) < 4.78 is 0. The van der Waals surface area contributed by atoms with E-state index in [4.69, 9.17) is 5.11 Å². The van der Waals surface area contributed by atoms with Gasteiger partial charge in [0.05, 0.1) is 5.56 Å². The van der Waals surface area contributed by atoms with Gasteiger partial charge in [0.15, 0.2) is 0 Å². The van der Waals surface area contributed by atoms with Crippen molar-refractivity contribution >= 4 is 5.97 Å². The largest absolute Gasteiger partial charge is 0.478 e. The first-order chi connectivity index (χ1) is 8.42. The molecule has 3 heteroatoms. The molecule has 3 nitrogen and oxygen atoms in total. The SMILES string of the molecule is CC(N(C)Cc1ccc(C(=O)O)cc1)C1(C)CC1. The molecule has 1 aliphatic rings. The lowest BCUT2D eigenvalue weighted by molar-refractivity contribution is 0.0697. The fourth-order valence-electron chi connectivity index (χ4n) is 2.32. The van der Waals surface area contributed by atoms with Crippen molar-refractivity contribution in [3.8, 4) is 0 Å². The number of hydrogen-bond acceptors (Lipinski definition) is 2. The number of carboxylic acid groups (broad SMARTS) is 1. The van der Waals surface area contributed by atoms with Crippen LogP contribution >= 0.6 is 0 Å². The van der Waals surface area contributed by atoms with Crippen LogP contribution in [0, 0.1) is 5.41 Å². The summed E-state index contributed by atoms with van der Waals surface area (Å²) in [6, 6.07) is 7.73. The smallest absolute Gasteiger partial charge is 0.335 e. The second kappa shape index (κ2) is 4.73. The first-order valence-electron chi connectivity index (χ1n) is 6.45. The minimum absolute atomic E-state index is 0.351. The molecular formula is C15H21NO2. The average Bonchev–Trinajstić information content (AvgIpc) is 3.08. The molecule has 98 valence electrons. The van der Waals surface area contributed by atoms with Gasteiger partial charge in [-0.3, -0.25) is 4.90 Å². The van der Waals surface area contributed by atoms with Gasteiger partial charge in [0.25, 0.3) is 0 Å². The van der Waals surface area contributed by atoms with E-state index in [1.807, 2.05) is 12.1 Å². The second-order valence-corrected chi connectivity index (χ2v) is 5.75. The molecule has 1 aliphatic carbocycles. The summed E-state index contributed by atoms with van der Waals surface area (Å²) in [7, 11) is 2.14. The van der Waals surface area contributed by atoms with Crippen molar-refractivity contribution in [1.29, 1.82) is 0 Å². The zero-order chi connectivity index (χ0) is 13.3. The van der Waals surface area contributed by atoms with Gasteiger partial charge in [-0.1, -0.05) is 19.1 Å². The van der Waals surface area contributed by atoms with E-state index < -0.39 is 5.97 Å². The van der Waals surface area contributed by atoms with Crippen LogP contribution in [-0.2, 0) is 6.54 Å². The van der Waals surface area contributed by atoms with E-state index in [2.05, 4.69) is 25.8 Å². The third kappa shape index (κ3) is 2.72. The Morgan fingerprint density at radius 1 is 1.39 bits per heavy atom. The summed E-state index contributed by atoms with van der Waals surface area (Å²) in [5.74, 6) is -0.867. The minimum atomic E-state index is -0.867. The number of carboxylic acids is 1. The van der Waals surface area contributed by atoms with Crippen molar-refractivity contribution in [2.24, 2.45) is 5.41 Å². The van der Waals surface area contributed by atoms with Crippen LogP contribution < -0.4 is 0 Å². The molecule has 0 saturated heterocycles. The van der Waals surface area contributed by atoms with Crippen LogP contribution in [0.5, 0.6) is 0 Å². The van der Waals surface area contributed by atoms with E-state index in [-0.39, 0.29) is 0 Å². The fourth-order valence-corrected chi connectivity index (χ4v) is 2.32. The molecule has 1 aromatic rings. The van der Waals surface area contributed by atoms with Gasteiger partial charge < -0.3 is 5.11 Å². The van der Waals surface area contributed by atoms with E-state index >= 15 is 0 Å². The maximum absolute atomic E-state index is 10.8. The van der Waals surface area contributed by atoms with E-state index in [1.54, 1.807) is 12.1 Å². The molecule has 0 bridgehead atoms. The number of nitrogens with zero attached hydrogens (tertiary/aromatic N) is 1. The molecule has 0 amide bonds. The molecule has 1 atom stereocenters. The summed E-state index contributed by atoms with van der Waals surface area (Å²) in [5.41, 5.74) is 2.00. The average molecular weight is 247 g/mol. The van der Waals surface area contributed by atoms with Crippen molar-refractivity contribution in [3.63, 3.8) is 0 Å². The van der Waals surface area contributed by atoms with E-state index in [0.29, 0.717) is 17.0 Å². The molecule has 1 saturated carbocycles. The zero-order valence-corrected chi connectivity index (χ0v) is 11.3.